The Bertz CT molecular complexity index is 925. The molecule has 2 unspecified atom stereocenters. The molecule has 7 atom stereocenters. The summed E-state index contributed by atoms with van der Waals surface area (Å²) in [7, 11) is 0. The molecule has 0 saturated carbocycles. The van der Waals surface area contributed by atoms with E-state index < -0.39 is 49.5 Å². The Kier molecular flexibility index (Phi) is 32.5. The van der Waals surface area contributed by atoms with Crippen LogP contribution in [0, 0.1) is 0 Å². The number of carbonyl (C=O) groups excluding carboxylic acids is 1. The molecule has 9 heteroatoms. The van der Waals surface area contributed by atoms with Crippen molar-refractivity contribution in [1.29, 1.82) is 0 Å². The van der Waals surface area contributed by atoms with Gasteiger partial charge in [-0.15, -0.1) is 0 Å². The van der Waals surface area contributed by atoms with Crippen LogP contribution in [0.1, 0.15) is 181 Å². The average molecular weight is 752 g/mol. The molecule has 0 bridgehead atoms. The van der Waals surface area contributed by atoms with Crippen molar-refractivity contribution in [3.63, 3.8) is 0 Å². The van der Waals surface area contributed by atoms with E-state index in [4.69, 9.17) is 9.47 Å². The van der Waals surface area contributed by atoms with Crippen LogP contribution in [0.5, 0.6) is 0 Å². The van der Waals surface area contributed by atoms with Crippen LogP contribution in [0.25, 0.3) is 0 Å². The molecule has 9 nitrogen and oxygen atoms in total. The molecule has 1 heterocycles. The zero-order valence-corrected chi connectivity index (χ0v) is 33.8. The molecule has 0 aromatic rings. The van der Waals surface area contributed by atoms with Gasteiger partial charge >= 0.3 is 0 Å². The third-order valence-corrected chi connectivity index (χ3v) is 10.2. The number of ether oxygens (including phenoxy) is 2. The molecule has 0 spiro atoms. The van der Waals surface area contributed by atoms with Gasteiger partial charge in [0.1, 0.15) is 24.4 Å². The van der Waals surface area contributed by atoms with Gasteiger partial charge in [0.25, 0.3) is 0 Å². The van der Waals surface area contributed by atoms with Crippen molar-refractivity contribution >= 4 is 5.91 Å². The van der Waals surface area contributed by atoms with Crippen molar-refractivity contribution in [3.05, 3.63) is 36.5 Å². The van der Waals surface area contributed by atoms with Crippen LogP contribution in [-0.2, 0) is 14.3 Å². The number of nitrogens with one attached hydrogen (secondary N) is 1. The molecule has 310 valence electrons. The fraction of sp³-hybridized carbons (Fsp3) is 0.841. The first-order chi connectivity index (χ1) is 25.8. The monoisotopic (exact) mass is 752 g/mol. The number of aliphatic hydroxyl groups is 5. The van der Waals surface area contributed by atoms with E-state index >= 15 is 0 Å². The van der Waals surface area contributed by atoms with Gasteiger partial charge in [0.05, 0.1) is 25.4 Å². The minimum atomic E-state index is -1.57. The standard InChI is InChI=1S/C44H81NO8/c1-3-5-7-9-11-13-15-16-17-18-19-20-21-22-24-26-28-30-32-34-40(48)45-37(36-52-44-43(51)42(50)41(49)39(35-46)53-44)38(47)33-31-29-27-25-23-14-12-10-8-6-4-2/h16-17,23,25,31,33,37-39,41-44,46-47,49-51H,3-15,18-22,24,26-30,32,34-36H2,1-2H3,(H,45,48)/b17-16+,25-23+,33-31+/t37-,38+,39-,41-,42?,43?,44-/m0/s1. The van der Waals surface area contributed by atoms with Crippen LogP contribution >= 0.6 is 0 Å². The minimum Gasteiger partial charge on any atom is -0.394 e. The fourth-order valence-corrected chi connectivity index (χ4v) is 6.64. The Morgan fingerprint density at radius 1 is 0.623 bits per heavy atom. The van der Waals surface area contributed by atoms with Gasteiger partial charge in [0.2, 0.25) is 5.91 Å². The summed E-state index contributed by atoms with van der Waals surface area (Å²) in [6, 6.07) is -0.819. The summed E-state index contributed by atoms with van der Waals surface area (Å²) in [6.07, 6.45) is 34.8. The van der Waals surface area contributed by atoms with Gasteiger partial charge in [-0.2, -0.15) is 0 Å². The number of aliphatic hydroxyl groups excluding tert-OH is 5. The minimum absolute atomic E-state index is 0.192. The molecule has 0 aliphatic carbocycles. The van der Waals surface area contributed by atoms with Crippen LogP contribution in [0.2, 0.25) is 0 Å². The molecule has 6 N–H and O–H groups in total. The number of hydrogen-bond donors (Lipinski definition) is 6. The van der Waals surface area contributed by atoms with Crippen molar-refractivity contribution in [3.8, 4) is 0 Å². The number of unbranched alkanes of at least 4 members (excludes halogenated alkanes) is 21. The van der Waals surface area contributed by atoms with E-state index in [-0.39, 0.29) is 12.5 Å². The molecule has 53 heavy (non-hydrogen) atoms. The zero-order chi connectivity index (χ0) is 38.8. The molecule has 1 amide bonds. The highest BCUT2D eigenvalue weighted by Gasteiger charge is 2.44. The fourth-order valence-electron chi connectivity index (χ4n) is 6.64. The van der Waals surface area contributed by atoms with Crippen LogP contribution in [0.15, 0.2) is 36.5 Å². The molecule has 1 fully saturated rings. The van der Waals surface area contributed by atoms with Gasteiger partial charge in [-0.25, -0.2) is 0 Å². The van der Waals surface area contributed by atoms with E-state index in [0.717, 1.165) is 38.5 Å². The predicted molar refractivity (Wildman–Crippen MR) is 216 cm³/mol. The van der Waals surface area contributed by atoms with Crippen LogP contribution in [-0.4, -0.2) is 87.5 Å². The number of amides is 1. The Hall–Kier alpha value is -1.59. The van der Waals surface area contributed by atoms with Gasteiger partial charge in [0, 0.05) is 6.42 Å². The summed E-state index contributed by atoms with van der Waals surface area (Å²) in [6.45, 7) is 3.71. The van der Waals surface area contributed by atoms with E-state index in [2.05, 4.69) is 43.5 Å². The maximum Gasteiger partial charge on any atom is 0.220 e. The molecule has 0 aromatic heterocycles. The maximum absolute atomic E-state index is 12.9. The van der Waals surface area contributed by atoms with Crippen molar-refractivity contribution in [2.45, 2.75) is 224 Å². The van der Waals surface area contributed by atoms with Gasteiger partial charge in [-0.05, 0) is 57.8 Å². The molecular weight excluding hydrogens is 670 g/mol. The molecular formula is C44H81NO8. The SMILES string of the molecule is CCCCCCC/C=C/CC/C=C/[C@@H](O)[C@H](CO[C@H]1O[C@@H](CO)[C@H](O)C(O)C1O)NC(=O)CCCCCCCCCCC/C=C/CCCCCCCC. The second kappa shape index (κ2) is 34.9. The lowest BCUT2D eigenvalue weighted by Crippen LogP contribution is -2.60. The van der Waals surface area contributed by atoms with Crippen molar-refractivity contribution in [2.24, 2.45) is 0 Å². The van der Waals surface area contributed by atoms with Crippen molar-refractivity contribution < 1.29 is 39.8 Å². The summed E-state index contributed by atoms with van der Waals surface area (Å²) in [4.78, 5) is 12.9. The molecule has 0 aromatic carbocycles. The van der Waals surface area contributed by atoms with E-state index in [0.29, 0.717) is 6.42 Å². The maximum atomic E-state index is 12.9. The van der Waals surface area contributed by atoms with Gasteiger partial charge in [-0.1, -0.05) is 153 Å². The van der Waals surface area contributed by atoms with Gasteiger partial charge in [-0.3, -0.25) is 4.79 Å². The summed E-state index contributed by atoms with van der Waals surface area (Å²) in [5, 5.41) is 54.0. The molecule has 1 rings (SSSR count). The third kappa shape index (κ3) is 26.0. The largest absolute Gasteiger partial charge is 0.394 e. The lowest BCUT2D eigenvalue weighted by molar-refractivity contribution is -0.302. The number of rotatable bonds is 35. The van der Waals surface area contributed by atoms with E-state index in [1.807, 2.05) is 6.08 Å². The molecule has 1 aliphatic heterocycles. The Balaban J connectivity index is 2.36. The van der Waals surface area contributed by atoms with E-state index in [1.165, 1.54) is 122 Å². The lowest BCUT2D eigenvalue weighted by atomic mass is 9.99. The first-order valence-corrected chi connectivity index (χ1v) is 21.7. The van der Waals surface area contributed by atoms with Crippen LogP contribution in [0.3, 0.4) is 0 Å². The normalized spacial score (nSPS) is 22.0. The first kappa shape index (κ1) is 49.4. The van der Waals surface area contributed by atoms with Crippen molar-refractivity contribution in [1.82, 2.24) is 5.32 Å². The number of allylic oxidation sites excluding steroid dienone is 5. The average Bonchev–Trinajstić information content (AvgIpc) is 3.16. The predicted octanol–water partition coefficient (Wildman–Crippen LogP) is 8.50. The highest BCUT2D eigenvalue weighted by molar-refractivity contribution is 5.76. The summed E-state index contributed by atoms with van der Waals surface area (Å²) in [5.41, 5.74) is 0. The van der Waals surface area contributed by atoms with Crippen LogP contribution in [0.4, 0.5) is 0 Å². The van der Waals surface area contributed by atoms with Gasteiger partial charge in [0.15, 0.2) is 6.29 Å². The number of carbonyl (C=O) groups is 1. The molecule has 1 saturated heterocycles. The Morgan fingerprint density at radius 3 is 1.58 bits per heavy atom. The Labute approximate surface area is 323 Å². The first-order valence-electron chi connectivity index (χ1n) is 21.7. The summed E-state index contributed by atoms with van der Waals surface area (Å²) in [5.74, 6) is -0.192. The van der Waals surface area contributed by atoms with Gasteiger partial charge < -0.3 is 40.3 Å². The number of hydrogen-bond acceptors (Lipinski definition) is 8. The molecule has 1 aliphatic rings. The highest BCUT2D eigenvalue weighted by Crippen LogP contribution is 2.22. The van der Waals surface area contributed by atoms with Crippen LogP contribution < -0.4 is 5.32 Å². The van der Waals surface area contributed by atoms with E-state index in [1.54, 1.807) is 6.08 Å². The highest BCUT2D eigenvalue weighted by atomic mass is 16.7. The smallest absolute Gasteiger partial charge is 0.220 e. The molecule has 0 radical (unpaired) electrons. The third-order valence-electron chi connectivity index (χ3n) is 10.2. The topological polar surface area (TPSA) is 149 Å². The zero-order valence-electron chi connectivity index (χ0n) is 33.8. The second-order valence-electron chi connectivity index (χ2n) is 15.1. The second-order valence-corrected chi connectivity index (χ2v) is 15.1. The lowest BCUT2D eigenvalue weighted by Gasteiger charge is -2.40. The summed E-state index contributed by atoms with van der Waals surface area (Å²) < 4.78 is 11.2. The quantitative estimate of drug-likeness (QED) is 0.0279. The Morgan fingerprint density at radius 2 is 1.08 bits per heavy atom. The van der Waals surface area contributed by atoms with Crippen molar-refractivity contribution in [2.75, 3.05) is 13.2 Å². The van der Waals surface area contributed by atoms with E-state index in [9.17, 15) is 30.3 Å². The summed E-state index contributed by atoms with van der Waals surface area (Å²) >= 11 is 0.